The molecule has 338 valence electrons. The van der Waals surface area contributed by atoms with E-state index < -0.39 is 35.9 Å². The minimum atomic E-state index is -0.825. The Morgan fingerprint density at radius 3 is 1.35 bits per heavy atom. The van der Waals surface area contributed by atoms with Crippen molar-refractivity contribution in [3.05, 3.63) is 212 Å². The van der Waals surface area contributed by atoms with E-state index in [0.717, 1.165) is 0 Å². The summed E-state index contributed by atoms with van der Waals surface area (Å²) in [7, 11) is 0. The fraction of sp³-hybridized carbons (Fsp3) is 0.107. The van der Waals surface area contributed by atoms with Gasteiger partial charge in [0, 0.05) is 52.8 Å². The average molecular weight is 907 g/mol. The van der Waals surface area contributed by atoms with Crippen LogP contribution < -0.4 is 9.47 Å². The molecule has 0 aromatic heterocycles. The van der Waals surface area contributed by atoms with E-state index in [-0.39, 0.29) is 57.5 Å². The summed E-state index contributed by atoms with van der Waals surface area (Å²) >= 11 is 0. The van der Waals surface area contributed by atoms with Gasteiger partial charge >= 0.3 is 0 Å². The predicted molar refractivity (Wildman–Crippen MR) is 251 cm³/mol. The molecule has 6 unspecified atom stereocenters. The minimum Gasteiger partial charge on any atom is -0.508 e. The molecule has 0 saturated carbocycles. The maximum absolute atomic E-state index is 12.2. The first-order valence-corrected chi connectivity index (χ1v) is 21.8. The van der Waals surface area contributed by atoms with Crippen molar-refractivity contribution in [2.75, 3.05) is 0 Å². The zero-order chi connectivity index (χ0) is 47.1. The van der Waals surface area contributed by atoms with Crippen LogP contribution >= 0.6 is 0 Å². The minimum absolute atomic E-state index is 0.00433. The number of phenols is 10. The SMILES string of the molecule is Oc1ccc(C2Oc3cc(O)cc(C=Cc4ccc(O)cc4C4c5cc(O)cc6c5C(c5cc(O)cc(O)c5C4c4ccc(O)cc4)C(c4ccc(O)cc4)O6)c3C2c2cc(O)cc(O)c2)cc1. The molecular weight excluding hydrogens is 865 g/mol. The second kappa shape index (κ2) is 15.9. The Kier molecular flexibility index (Phi) is 9.78. The second-order valence-corrected chi connectivity index (χ2v) is 17.6. The molecule has 12 nitrogen and oxygen atoms in total. The molecule has 11 rings (SSSR count). The summed E-state index contributed by atoms with van der Waals surface area (Å²) in [5.74, 6) is -3.20. The van der Waals surface area contributed by atoms with Crippen LogP contribution in [0.25, 0.3) is 12.2 Å². The number of aromatic hydroxyl groups is 10. The van der Waals surface area contributed by atoms with Gasteiger partial charge in [-0.2, -0.15) is 0 Å². The highest BCUT2D eigenvalue weighted by molar-refractivity contribution is 5.78. The summed E-state index contributed by atoms with van der Waals surface area (Å²) in [5, 5.41) is 110. The fourth-order valence-corrected chi connectivity index (χ4v) is 10.7. The van der Waals surface area contributed by atoms with Crippen LogP contribution in [0.2, 0.25) is 0 Å². The quantitative estimate of drug-likeness (QED) is 0.0675. The Morgan fingerprint density at radius 2 is 0.750 bits per heavy atom. The molecular formula is C56H42O12. The topological polar surface area (TPSA) is 221 Å². The Hall–Kier alpha value is -8.90. The fourth-order valence-electron chi connectivity index (χ4n) is 10.7. The van der Waals surface area contributed by atoms with Crippen molar-refractivity contribution in [2.24, 2.45) is 0 Å². The zero-order valence-corrected chi connectivity index (χ0v) is 35.8. The Labute approximate surface area is 388 Å². The largest absolute Gasteiger partial charge is 0.508 e. The molecule has 0 amide bonds. The number of phenolic OH excluding ortho intramolecular Hbond substituents is 10. The molecule has 8 aromatic rings. The Morgan fingerprint density at radius 1 is 0.294 bits per heavy atom. The lowest BCUT2D eigenvalue weighted by Gasteiger charge is -2.31. The van der Waals surface area contributed by atoms with Crippen LogP contribution in [0, 0.1) is 0 Å². The van der Waals surface area contributed by atoms with Gasteiger partial charge in [-0.15, -0.1) is 0 Å². The average Bonchev–Trinajstić information content (AvgIpc) is 3.84. The number of fused-ring (bicyclic) bond motifs is 3. The van der Waals surface area contributed by atoms with E-state index in [4.69, 9.17) is 9.47 Å². The van der Waals surface area contributed by atoms with Gasteiger partial charge in [-0.25, -0.2) is 0 Å². The molecule has 0 bridgehead atoms. The predicted octanol–water partition coefficient (Wildman–Crippen LogP) is 10.7. The van der Waals surface area contributed by atoms with Gasteiger partial charge in [0.15, 0.2) is 0 Å². The Bertz CT molecular complexity index is 3310. The van der Waals surface area contributed by atoms with Crippen LogP contribution in [0.3, 0.4) is 0 Å². The van der Waals surface area contributed by atoms with Crippen LogP contribution in [-0.4, -0.2) is 51.1 Å². The molecule has 68 heavy (non-hydrogen) atoms. The number of benzene rings is 8. The van der Waals surface area contributed by atoms with Crippen molar-refractivity contribution in [1.29, 1.82) is 0 Å². The molecule has 12 heteroatoms. The lowest BCUT2D eigenvalue weighted by atomic mass is 9.72. The third kappa shape index (κ3) is 7.10. The maximum Gasteiger partial charge on any atom is 0.135 e. The first-order valence-electron chi connectivity index (χ1n) is 21.8. The van der Waals surface area contributed by atoms with E-state index in [9.17, 15) is 51.1 Å². The first-order chi connectivity index (χ1) is 32.8. The highest BCUT2D eigenvalue weighted by atomic mass is 16.5. The first kappa shape index (κ1) is 41.8. The van der Waals surface area contributed by atoms with Crippen LogP contribution in [-0.2, 0) is 0 Å². The monoisotopic (exact) mass is 906 g/mol. The molecule has 1 aliphatic carbocycles. The number of ether oxygens (including phenoxy) is 2. The maximum atomic E-state index is 12.2. The van der Waals surface area contributed by atoms with E-state index in [1.807, 2.05) is 6.08 Å². The molecule has 8 aromatic carbocycles. The smallest absolute Gasteiger partial charge is 0.135 e. The third-order valence-corrected chi connectivity index (χ3v) is 13.4. The van der Waals surface area contributed by atoms with Crippen molar-refractivity contribution in [3.8, 4) is 69.0 Å². The lowest BCUT2D eigenvalue weighted by molar-refractivity contribution is 0.221. The van der Waals surface area contributed by atoms with Gasteiger partial charge in [0.2, 0.25) is 0 Å². The van der Waals surface area contributed by atoms with Crippen LogP contribution in [0.5, 0.6) is 69.0 Å². The van der Waals surface area contributed by atoms with Crippen molar-refractivity contribution in [2.45, 2.75) is 35.9 Å². The van der Waals surface area contributed by atoms with Gasteiger partial charge in [-0.1, -0.05) is 54.6 Å². The summed E-state index contributed by atoms with van der Waals surface area (Å²) in [6.07, 6.45) is 2.14. The lowest BCUT2D eigenvalue weighted by Crippen LogP contribution is -2.17. The summed E-state index contributed by atoms with van der Waals surface area (Å²) in [5.41, 5.74) is 7.02. The standard InChI is InChI=1S/C56H42O12/c57-33-10-4-28(5-11-33)49-51(43-23-41(65)26-47-53(43)54(44-22-40(64)24-45(66)52(44)49)56(68-47)30-8-14-35(59)15-9-30)42-21-36(60)16-3-27(42)1-2-31-17-39(63)25-46-48(31)50(32-18-37(61)20-38(62)19-32)55(67-46)29-6-12-34(58)13-7-29/h1-26,49-51,54-66H. The van der Waals surface area contributed by atoms with Gasteiger partial charge in [0.05, 0.1) is 11.8 Å². The highest BCUT2D eigenvalue weighted by Gasteiger charge is 2.48. The third-order valence-electron chi connectivity index (χ3n) is 13.4. The van der Waals surface area contributed by atoms with Gasteiger partial charge in [0.25, 0.3) is 0 Å². The van der Waals surface area contributed by atoms with Gasteiger partial charge < -0.3 is 60.5 Å². The van der Waals surface area contributed by atoms with E-state index >= 15 is 0 Å². The van der Waals surface area contributed by atoms with Gasteiger partial charge in [0.1, 0.15) is 81.2 Å². The van der Waals surface area contributed by atoms with E-state index in [0.29, 0.717) is 78.3 Å². The molecule has 0 spiro atoms. The summed E-state index contributed by atoms with van der Waals surface area (Å²) in [6.45, 7) is 0. The summed E-state index contributed by atoms with van der Waals surface area (Å²) < 4.78 is 13.3. The molecule has 0 saturated heterocycles. The summed E-state index contributed by atoms with van der Waals surface area (Å²) in [6, 6.07) is 37.9. The van der Waals surface area contributed by atoms with E-state index in [1.54, 1.807) is 84.9 Å². The normalized spacial score (nSPS) is 19.9. The van der Waals surface area contributed by atoms with Crippen LogP contribution in [0.15, 0.2) is 146 Å². The molecule has 10 N–H and O–H groups in total. The number of rotatable bonds is 7. The molecule has 6 atom stereocenters. The van der Waals surface area contributed by atoms with E-state index in [1.165, 1.54) is 66.7 Å². The van der Waals surface area contributed by atoms with Crippen molar-refractivity contribution >= 4 is 12.2 Å². The molecule has 2 heterocycles. The Balaban J connectivity index is 1.14. The van der Waals surface area contributed by atoms with Crippen molar-refractivity contribution < 1.29 is 60.5 Å². The van der Waals surface area contributed by atoms with Crippen LogP contribution in [0.1, 0.15) is 103 Å². The van der Waals surface area contributed by atoms with Gasteiger partial charge in [-0.05, 0) is 129 Å². The molecule has 3 aliphatic rings. The van der Waals surface area contributed by atoms with Crippen LogP contribution in [0.4, 0.5) is 0 Å². The highest BCUT2D eigenvalue weighted by Crippen LogP contribution is 2.63. The zero-order valence-electron chi connectivity index (χ0n) is 35.8. The summed E-state index contributed by atoms with van der Waals surface area (Å²) in [4.78, 5) is 0. The van der Waals surface area contributed by atoms with E-state index in [2.05, 4.69) is 0 Å². The number of hydrogen-bond acceptors (Lipinski definition) is 12. The number of hydrogen-bond donors (Lipinski definition) is 10. The van der Waals surface area contributed by atoms with Gasteiger partial charge in [-0.3, -0.25) is 0 Å². The molecule has 2 aliphatic heterocycles. The second-order valence-electron chi connectivity index (χ2n) is 17.6. The molecule has 0 radical (unpaired) electrons. The van der Waals surface area contributed by atoms with Crippen molar-refractivity contribution in [1.82, 2.24) is 0 Å². The molecule has 0 fully saturated rings. The van der Waals surface area contributed by atoms with Crippen molar-refractivity contribution in [3.63, 3.8) is 0 Å².